The monoisotopic (exact) mass is 676 g/mol. The fourth-order valence-electron chi connectivity index (χ4n) is 4.54. The number of carbonyl (C=O) groups excluding carboxylic acids is 2. The molecule has 0 aliphatic rings. The topological polar surface area (TPSA) is 149 Å². The van der Waals surface area contributed by atoms with Crippen molar-refractivity contribution in [1.29, 1.82) is 0 Å². The second-order valence-electron chi connectivity index (χ2n) is 11.9. The molecule has 0 aliphatic carbocycles. The van der Waals surface area contributed by atoms with E-state index in [1.807, 2.05) is 0 Å². The highest BCUT2D eigenvalue weighted by atomic mass is 31.2. The normalized spacial score (nSPS) is 14.5. The summed E-state index contributed by atoms with van der Waals surface area (Å²) in [4.78, 5) is 34.6. The van der Waals surface area contributed by atoms with Crippen LogP contribution in [0.15, 0.2) is 24.3 Å². The second kappa shape index (κ2) is 32.0. The molecule has 0 aliphatic heterocycles. The molecule has 0 aromatic rings. The zero-order valence-corrected chi connectivity index (χ0v) is 29.7. The summed E-state index contributed by atoms with van der Waals surface area (Å²) >= 11 is 0. The van der Waals surface area contributed by atoms with Crippen LogP contribution >= 0.6 is 7.82 Å². The van der Waals surface area contributed by atoms with Crippen LogP contribution in [0.4, 0.5) is 0 Å². The Labute approximate surface area is 278 Å². The number of phosphoric ester groups is 1. The minimum atomic E-state index is -4.61. The molecule has 46 heavy (non-hydrogen) atoms. The fourth-order valence-corrected chi connectivity index (χ4v) is 5.33. The van der Waals surface area contributed by atoms with Crippen molar-refractivity contribution in [2.75, 3.05) is 26.4 Å². The third-order valence-electron chi connectivity index (χ3n) is 7.36. The van der Waals surface area contributed by atoms with Gasteiger partial charge in [-0.05, 0) is 38.5 Å². The van der Waals surface area contributed by atoms with E-state index in [0.29, 0.717) is 12.8 Å². The minimum Gasteiger partial charge on any atom is -0.462 e. The number of hydrogen-bond donors (Lipinski definition) is 3. The van der Waals surface area contributed by atoms with Crippen LogP contribution in [0.3, 0.4) is 0 Å². The average molecular weight is 677 g/mol. The van der Waals surface area contributed by atoms with E-state index in [2.05, 4.69) is 42.7 Å². The standard InChI is InChI=1S/C35H65O10P/c1-3-5-7-9-11-13-14-15-16-17-19-21-23-25-27-35(39)45-33(31-44-46(40,41)43-29-32(37)28-36)30-42-34(38)26-24-22-20-18-12-10-8-6-4-2/h9,11,14-15,32-33,36-37H,3-8,10,12-13,16-31H2,1-2H3,(H,40,41)/b11-9+,15-14+/t32-,33+/m0/s1. The molecule has 0 bridgehead atoms. The Morgan fingerprint density at radius 3 is 1.74 bits per heavy atom. The van der Waals surface area contributed by atoms with Crippen molar-refractivity contribution in [3.63, 3.8) is 0 Å². The third kappa shape index (κ3) is 31.1. The van der Waals surface area contributed by atoms with Crippen LogP contribution in [-0.2, 0) is 32.7 Å². The molecule has 0 rings (SSSR count). The molecule has 270 valence electrons. The van der Waals surface area contributed by atoms with Gasteiger partial charge in [0, 0.05) is 12.8 Å². The summed E-state index contributed by atoms with van der Waals surface area (Å²) < 4.78 is 32.4. The lowest BCUT2D eigenvalue weighted by Gasteiger charge is -2.20. The van der Waals surface area contributed by atoms with E-state index >= 15 is 0 Å². The van der Waals surface area contributed by atoms with Crippen molar-refractivity contribution < 1.29 is 47.8 Å². The first-order chi connectivity index (χ1) is 22.2. The molecule has 0 aromatic carbocycles. The molecule has 1 unspecified atom stereocenters. The van der Waals surface area contributed by atoms with Crippen LogP contribution in [-0.4, -0.2) is 65.7 Å². The van der Waals surface area contributed by atoms with Crippen molar-refractivity contribution in [3.8, 4) is 0 Å². The van der Waals surface area contributed by atoms with E-state index in [1.165, 1.54) is 44.9 Å². The van der Waals surface area contributed by atoms with Crippen molar-refractivity contribution in [2.45, 2.75) is 161 Å². The molecule has 0 spiro atoms. The van der Waals surface area contributed by atoms with Gasteiger partial charge in [0.15, 0.2) is 6.10 Å². The molecular weight excluding hydrogens is 611 g/mol. The number of carbonyl (C=O) groups is 2. The lowest BCUT2D eigenvalue weighted by atomic mass is 10.1. The van der Waals surface area contributed by atoms with Gasteiger partial charge in [0.1, 0.15) is 12.7 Å². The predicted octanol–water partition coefficient (Wildman–Crippen LogP) is 8.27. The van der Waals surface area contributed by atoms with Gasteiger partial charge in [-0.2, -0.15) is 0 Å². The Morgan fingerprint density at radius 2 is 1.15 bits per heavy atom. The maximum Gasteiger partial charge on any atom is 0.472 e. The maximum absolute atomic E-state index is 12.5. The van der Waals surface area contributed by atoms with Crippen molar-refractivity contribution in [1.82, 2.24) is 0 Å². The molecule has 0 heterocycles. The van der Waals surface area contributed by atoms with Crippen LogP contribution in [0.25, 0.3) is 0 Å². The minimum absolute atomic E-state index is 0.170. The van der Waals surface area contributed by atoms with Crippen LogP contribution in [0.1, 0.15) is 149 Å². The maximum atomic E-state index is 12.5. The van der Waals surface area contributed by atoms with Crippen LogP contribution in [0, 0.1) is 0 Å². The number of esters is 2. The SMILES string of the molecule is CCCC/C=C/C/C=C/CCCCCCCC(=O)O[C@H](COC(=O)CCCCCCCCCCC)COP(=O)(O)OC[C@@H](O)CO. The predicted molar refractivity (Wildman–Crippen MR) is 182 cm³/mol. The molecule has 3 N–H and O–H groups in total. The summed E-state index contributed by atoms with van der Waals surface area (Å²) in [6, 6.07) is 0. The first-order valence-corrected chi connectivity index (χ1v) is 19.3. The molecular formula is C35H65O10P. The second-order valence-corrected chi connectivity index (χ2v) is 13.4. The highest BCUT2D eigenvalue weighted by Crippen LogP contribution is 2.43. The quantitative estimate of drug-likeness (QED) is 0.0268. The van der Waals surface area contributed by atoms with Crippen molar-refractivity contribution >= 4 is 19.8 Å². The Bertz CT molecular complexity index is 832. The molecule has 0 fully saturated rings. The summed E-state index contributed by atoms with van der Waals surface area (Å²) in [6.07, 6.45) is 27.3. The number of aliphatic hydroxyl groups is 2. The molecule has 0 radical (unpaired) electrons. The van der Waals surface area contributed by atoms with Gasteiger partial charge >= 0.3 is 19.8 Å². The molecule has 3 atom stereocenters. The van der Waals surface area contributed by atoms with Crippen LogP contribution in [0.2, 0.25) is 0 Å². The Morgan fingerprint density at radius 1 is 0.652 bits per heavy atom. The van der Waals surface area contributed by atoms with Gasteiger partial charge in [0.25, 0.3) is 0 Å². The number of ether oxygens (including phenoxy) is 2. The highest BCUT2D eigenvalue weighted by Gasteiger charge is 2.27. The zero-order chi connectivity index (χ0) is 34.1. The first kappa shape index (κ1) is 44.5. The summed E-state index contributed by atoms with van der Waals surface area (Å²) in [6.45, 7) is 2.27. The Balaban J connectivity index is 4.43. The smallest absolute Gasteiger partial charge is 0.462 e. The van der Waals surface area contributed by atoms with Crippen LogP contribution < -0.4 is 0 Å². The van der Waals surface area contributed by atoms with Gasteiger partial charge in [-0.15, -0.1) is 0 Å². The largest absolute Gasteiger partial charge is 0.472 e. The van der Waals surface area contributed by atoms with Crippen LogP contribution in [0.5, 0.6) is 0 Å². The summed E-state index contributed by atoms with van der Waals surface area (Å²) in [7, 11) is -4.61. The van der Waals surface area contributed by atoms with Gasteiger partial charge < -0.3 is 24.6 Å². The van der Waals surface area contributed by atoms with Gasteiger partial charge in [-0.25, -0.2) is 4.57 Å². The number of rotatable bonds is 33. The lowest BCUT2D eigenvalue weighted by Crippen LogP contribution is -2.29. The number of aliphatic hydroxyl groups excluding tert-OH is 2. The lowest BCUT2D eigenvalue weighted by molar-refractivity contribution is -0.161. The molecule has 0 amide bonds. The molecule has 0 saturated carbocycles. The number of phosphoric acid groups is 1. The van der Waals surface area contributed by atoms with Crippen molar-refractivity contribution in [3.05, 3.63) is 24.3 Å². The number of allylic oxidation sites excluding steroid dienone is 4. The van der Waals surface area contributed by atoms with Crippen molar-refractivity contribution in [2.24, 2.45) is 0 Å². The fraction of sp³-hybridized carbons (Fsp3) is 0.829. The molecule has 10 nitrogen and oxygen atoms in total. The third-order valence-corrected chi connectivity index (χ3v) is 8.31. The molecule has 11 heteroatoms. The van der Waals surface area contributed by atoms with Gasteiger partial charge in [0.2, 0.25) is 0 Å². The Kier molecular flexibility index (Phi) is 30.9. The first-order valence-electron chi connectivity index (χ1n) is 17.8. The van der Waals surface area contributed by atoms with E-state index < -0.39 is 51.8 Å². The average Bonchev–Trinajstić information content (AvgIpc) is 3.04. The summed E-state index contributed by atoms with van der Waals surface area (Å²) in [5, 5.41) is 18.2. The summed E-state index contributed by atoms with van der Waals surface area (Å²) in [5.41, 5.74) is 0. The van der Waals surface area contributed by atoms with Gasteiger partial charge in [0.05, 0.1) is 19.8 Å². The van der Waals surface area contributed by atoms with E-state index in [4.69, 9.17) is 19.1 Å². The van der Waals surface area contributed by atoms with E-state index in [9.17, 15) is 24.2 Å². The summed E-state index contributed by atoms with van der Waals surface area (Å²) in [5.74, 6) is -0.945. The molecule has 0 aromatic heterocycles. The van der Waals surface area contributed by atoms with E-state index in [-0.39, 0.29) is 19.4 Å². The Hall–Kier alpha value is -1.55. The zero-order valence-electron chi connectivity index (χ0n) is 28.8. The highest BCUT2D eigenvalue weighted by molar-refractivity contribution is 7.47. The number of unbranched alkanes of at least 4 members (excludes halogenated alkanes) is 15. The van der Waals surface area contributed by atoms with Gasteiger partial charge in [-0.1, -0.05) is 122 Å². The van der Waals surface area contributed by atoms with E-state index in [1.54, 1.807) is 0 Å². The number of hydrogen-bond acceptors (Lipinski definition) is 9. The molecule has 0 saturated heterocycles. The van der Waals surface area contributed by atoms with E-state index in [0.717, 1.165) is 64.2 Å². The van der Waals surface area contributed by atoms with Gasteiger partial charge in [-0.3, -0.25) is 18.6 Å².